The first-order valence-corrected chi connectivity index (χ1v) is 9.73. The van der Waals surface area contributed by atoms with E-state index in [0.29, 0.717) is 29.6 Å². The smallest absolute Gasteiger partial charge is 0.246 e. The molecule has 0 spiro atoms. The Morgan fingerprint density at radius 2 is 1.79 bits per heavy atom. The second-order valence-corrected chi connectivity index (χ2v) is 7.16. The molecule has 1 amide bonds. The number of hydrogen-bond donors (Lipinski definition) is 0. The van der Waals surface area contributed by atoms with Gasteiger partial charge in [0.15, 0.2) is 0 Å². The normalized spacial score (nSPS) is 10.9. The molecule has 2 aromatic carbocycles. The third-order valence-electron chi connectivity index (χ3n) is 4.26. The summed E-state index contributed by atoms with van der Waals surface area (Å²) in [5, 5.41) is 1.08. The number of pyridine rings is 1. The van der Waals surface area contributed by atoms with Gasteiger partial charge in [-0.05, 0) is 41.5 Å². The van der Waals surface area contributed by atoms with Crippen molar-refractivity contribution in [2.24, 2.45) is 0 Å². The molecule has 28 heavy (non-hydrogen) atoms. The van der Waals surface area contributed by atoms with E-state index in [-0.39, 0.29) is 5.91 Å². The molecule has 0 atom stereocenters. The summed E-state index contributed by atoms with van der Waals surface area (Å²) in [6, 6.07) is 21.0. The van der Waals surface area contributed by atoms with E-state index < -0.39 is 0 Å². The zero-order valence-corrected chi connectivity index (χ0v) is 16.8. The number of aromatic nitrogens is 1. The Balaban J connectivity index is 1.74. The van der Waals surface area contributed by atoms with E-state index in [1.54, 1.807) is 36.5 Å². The molecule has 142 valence electrons. The van der Waals surface area contributed by atoms with Crippen LogP contribution in [0.4, 0.5) is 0 Å². The minimum atomic E-state index is -0.0780. The largest absolute Gasteiger partial charge is 0.334 e. The third kappa shape index (κ3) is 5.95. The Morgan fingerprint density at radius 3 is 2.50 bits per heavy atom. The molecule has 0 saturated carbocycles. The van der Waals surface area contributed by atoms with E-state index in [4.69, 9.17) is 23.2 Å². The zero-order valence-electron chi connectivity index (χ0n) is 15.3. The van der Waals surface area contributed by atoms with Crippen molar-refractivity contribution in [2.45, 2.75) is 13.0 Å². The maximum absolute atomic E-state index is 12.9. The number of hydrogen-bond acceptors (Lipinski definition) is 2. The Bertz CT molecular complexity index is 943. The lowest BCUT2D eigenvalue weighted by Gasteiger charge is -2.21. The molecule has 0 aliphatic carbocycles. The summed E-state index contributed by atoms with van der Waals surface area (Å²) < 4.78 is 0. The molecule has 3 rings (SSSR count). The molecule has 3 nitrogen and oxygen atoms in total. The highest BCUT2D eigenvalue weighted by Gasteiger charge is 2.12. The van der Waals surface area contributed by atoms with Crippen LogP contribution in [-0.4, -0.2) is 22.3 Å². The van der Waals surface area contributed by atoms with Gasteiger partial charge in [0.25, 0.3) is 0 Å². The molecule has 0 bridgehead atoms. The molecule has 0 unspecified atom stereocenters. The lowest BCUT2D eigenvalue weighted by molar-refractivity contribution is -0.126. The number of amides is 1. The van der Waals surface area contributed by atoms with Crippen molar-refractivity contribution >= 4 is 35.2 Å². The average Bonchev–Trinajstić information content (AvgIpc) is 2.72. The molecular formula is C23H20Cl2N2O. The predicted molar refractivity (Wildman–Crippen MR) is 115 cm³/mol. The fourth-order valence-electron chi connectivity index (χ4n) is 2.77. The summed E-state index contributed by atoms with van der Waals surface area (Å²) >= 11 is 12.1. The Labute approximate surface area is 175 Å². The number of nitrogens with zero attached hydrogens (tertiary/aromatic N) is 2. The fraction of sp³-hybridized carbons (Fsp3) is 0.130. The number of benzene rings is 2. The summed E-state index contributed by atoms with van der Waals surface area (Å²) in [5.74, 6) is -0.0780. The van der Waals surface area contributed by atoms with Crippen LogP contribution in [0.15, 0.2) is 79.0 Å². The molecule has 3 aromatic rings. The Hall–Kier alpha value is -2.62. The van der Waals surface area contributed by atoms with Crippen LogP contribution >= 0.6 is 23.2 Å². The van der Waals surface area contributed by atoms with Gasteiger partial charge in [0.05, 0.1) is 0 Å². The quantitative estimate of drug-likeness (QED) is 0.469. The molecule has 0 aliphatic rings. The average molecular weight is 411 g/mol. The summed E-state index contributed by atoms with van der Waals surface area (Å²) in [4.78, 5) is 19.0. The fourth-order valence-corrected chi connectivity index (χ4v) is 3.24. The lowest BCUT2D eigenvalue weighted by Crippen LogP contribution is -2.31. The number of carbonyl (C=O) groups is 1. The van der Waals surface area contributed by atoms with E-state index in [9.17, 15) is 4.79 Å². The molecule has 1 heterocycles. The van der Waals surface area contributed by atoms with E-state index >= 15 is 0 Å². The Morgan fingerprint density at radius 1 is 1.00 bits per heavy atom. The maximum Gasteiger partial charge on any atom is 0.246 e. The van der Waals surface area contributed by atoms with Gasteiger partial charge in [-0.3, -0.25) is 9.78 Å². The molecule has 0 fully saturated rings. The third-order valence-corrected chi connectivity index (χ3v) is 4.82. The van der Waals surface area contributed by atoms with Gasteiger partial charge in [0.2, 0.25) is 5.91 Å². The van der Waals surface area contributed by atoms with Gasteiger partial charge in [-0.15, -0.1) is 0 Å². The van der Waals surface area contributed by atoms with Gasteiger partial charge in [-0.25, -0.2) is 0 Å². The van der Waals surface area contributed by atoms with Crippen LogP contribution in [-0.2, 0) is 17.8 Å². The van der Waals surface area contributed by atoms with Crippen molar-refractivity contribution in [2.75, 3.05) is 6.54 Å². The van der Waals surface area contributed by atoms with Crippen molar-refractivity contribution in [1.82, 2.24) is 9.88 Å². The van der Waals surface area contributed by atoms with E-state index in [1.807, 2.05) is 53.4 Å². The summed E-state index contributed by atoms with van der Waals surface area (Å²) in [7, 11) is 0. The van der Waals surface area contributed by atoms with E-state index in [2.05, 4.69) is 4.98 Å². The highest BCUT2D eigenvalue weighted by Crippen LogP contribution is 2.22. The zero-order chi connectivity index (χ0) is 19.8. The second-order valence-electron chi connectivity index (χ2n) is 6.32. The topological polar surface area (TPSA) is 33.2 Å². The SMILES string of the molecule is O=C(/C=C/c1ccc(Cl)cc1Cl)N(CCc1ccccn1)Cc1ccccc1. The van der Waals surface area contributed by atoms with Crippen LogP contribution in [0, 0.1) is 0 Å². The van der Waals surface area contributed by atoms with Gasteiger partial charge in [-0.1, -0.05) is 65.7 Å². The second kappa shape index (κ2) is 10.1. The van der Waals surface area contributed by atoms with Crippen LogP contribution in [0.1, 0.15) is 16.8 Å². The van der Waals surface area contributed by atoms with Crippen molar-refractivity contribution in [3.05, 3.63) is 106 Å². The minimum Gasteiger partial charge on any atom is -0.334 e. The Kier molecular flexibility index (Phi) is 7.24. The standard InChI is InChI=1S/C23H20Cl2N2O/c24-20-11-9-19(22(25)16-20)10-12-23(28)27(17-18-6-2-1-3-7-18)15-13-21-8-4-5-14-26-21/h1-12,14,16H,13,15,17H2/b12-10+. The van der Waals surface area contributed by atoms with Crippen LogP contribution in [0.25, 0.3) is 6.08 Å². The summed E-state index contributed by atoms with van der Waals surface area (Å²) in [6.45, 7) is 1.11. The molecular weight excluding hydrogens is 391 g/mol. The van der Waals surface area contributed by atoms with Crippen LogP contribution in [0.2, 0.25) is 10.0 Å². The first kappa shape index (κ1) is 20.1. The molecule has 0 N–H and O–H groups in total. The molecule has 1 aromatic heterocycles. The maximum atomic E-state index is 12.9. The first-order chi connectivity index (χ1) is 13.6. The minimum absolute atomic E-state index is 0.0780. The van der Waals surface area contributed by atoms with Gasteiger partial charge in [-0.2, -0.15) is 0 Å². The highest BCUT2D eigenvalue weighted by atomic mass is 35.5. The highest BCUT2D eigenvalue weighted by molar-refractivity contribution is 6.35. The molecule has 5 heteroatoms. The predicted octanol–water partition coefficient (Wildman–Crippen LogP) is 5.67. The molecule has 0 aliphatic heterocycles. The van der Waals surface area contributed by atoms with Crippen LogP contribution in [0.5, 0.6) is 0 Å². The van der Waals surface area contributed by atoms with Gasteiger partial charge >= 0.3 is 0 Å². The van der Waals surface area contributed by atoms with Crippen molar-refractivity contribution in [3.63, 3.8) is 0 Å². The number of halogens is 2. The molecule has 0 saturated heterocycles. The van der Waals surface area contributed by atoms with Gasteiger partial charge in [0, 0.05) is 47.5 Å². The first-order valence-electron chi connectivity index (χ1n) is 8.98. The van der Waals surface area contributed by atoms with E-state index in [0.717, 1.165) is 16.8 Å². The van der Waals surface area contributed by atoms with E-state index in [1.165, 1.54) is 0 Å². The van der Waals surface area contributed by atoms with Crippen LogP contribution in [0.3, 0.4) is 0 Å². The summed E-state index contributed by atoms with van der Waals surface area (Å²) in [5.41, 5.74) is 2.79. The number of rotatable bonds is 7. The lowest BCUT2D eigenvalue weighted by atomic mass is 10.1. The molecule has 0 radical (unpaired) electrons. The van der Waals surface area contributed by atoms with Crippen molar-refractivity contribution in [1.29, 1.82) is 0 Å². The van der Waals surface area contributed by atoms with Gasteiger partial charge < -0.3 is 4.90 Å². The van der Waals surface area contributed by atoms with Crippen molar-refractivity contribution in [3.8, 4) is 0 Å². The monoisotopic (exact) mass is 410 g/mol. The summed E-state index contributed by atoms with van der Waals surface area (Å²) in [6.07, 6.45) is 5.73. The van der Waals surface area contributed by atoms with Crippen molar-refractivity contribution < 1.29 is 4.79 Å². The van der Waals surface area contributed by atoms with Crippen LogP contribution < -0.4 is 0 Å². The van der Waals surface area contributed by atoms with Gasteiger partial charge in [0.1, 0.15) is 0 Å². The number of carbonyl (C=O) groups excluding carboxylic acids is 1.